The van der Waals surface area contributed by atoms with Gasteiger partial charge in [0.05, 0.1) is 0 Å². The average Bonchev–Trinajstić information content (AvgIpc) is 3.86. The van der Waals surface area contributed by atoms with Crippen molar-refractivity contribution < 1.29 is 0 Å². The summed E-state index contributed by atoms with van der Waals surface area (Å²) in [4.78, 5) is 23.0. The van der Waals surface area contributed by atoms with E-state index >= 15 is 0 Å². The van der Waals surface area contributed by atoms with Gasteiger partial charge in [-0.1, -0.05) is 34.8 Å². The fourth-order valence-electron chi connectivity index (χ4n) is 7.02. The number of piperidine rings is 3. The minimum Gasteiger partial charge on any atom is -0.343 e. The van der Waals surface area contributed by atoms with Gasteiger partial charge in [-0.25, -0.2) is 15.0 Å². The Morgan fingerprint density at radius 3 is 1.04 bits per heavy atom. The van der Waals surface area contributed by atoms with Crippen LogP contribution in [0.15, 0.2) is 54.6 Å². The largest absolute Gasteiger partial charge is 0.343 e. The van der Waals surface area contributed by atoms with Crippen molar-refractivity contribution in [3.05, 3.63) is 87.1 Å². The zero-order chi connectivity index (χ0) is 32.9. The van der Waals surface area contributed by atoms with Gasteiger partial charge in [-0.15, -0.1) is 0 Å². The van der Waals surface area contributed by atoms with Crippen LogP contribution in [0.4, 0.5) is 0 Å². The van der Waals surface area contributed by atoms with Crippen molar-refractivity contribution in [3.63, 3.8) is 0 Å². The number of pyridine rings is 3. The molecule has 252 valence electrons. The number of H-pyrrole nitrogens is 3. The molecular formula is C36H42Cl3N9. The number of aromatic amines is 3. The Hall–Kier alpha value is -3.18. The van der Waals surface area contributed by atoms with Gasteiger partial charge in [0.25, 0.3) is 0 Å². The van der Waals surface area contributed by atoms with Crippen molar-refractivity contribution >= 4 is 67.9 Å². The van der Waals surface area contributed by atoms with Gasteiger partial charge in [-0.05, 0) is 113 Å². The van der Waals surface area contributed by atoms with Crippen LogP contribution in [0.2, 0.25) is 15.5 Å². The van der Waals surface area contributed by atoms with E-state index in [2.05, 4.69) is 64.1 Å². The Labute approximate surface area is 295 Å². The highest BCUT2D eigenvalue weighted by Crippen LogP contribution is 2.28. The molecule has 3 aliphatic heterocycles. The monoisotopic (exact) mass is 705 g/mol. The number of rotatable bonds is 3. The maximum absolute atomic E-state index is 5.87. The highest BCUT2D eigenvalue weighted by atomic mass is 35.5. The second-order valence-corrected chi connectivity index (χ2v) is 14.2. The van der Waals surface area contributed by atoms with Gasteiger partial charge in [0.1, 0.15) is 32.4 Å². The van der Waals surface area contributed by atoms with E-state index in [9.17, 15) is 0 Å². The molecule has 3 aliphatic rings. The third-order valence-electron chi connectivity index (χ3n) is 9.61. The van der Waals surface area contributed by atoms with Crippen molar-refractivity contribution in [2.45, 2.75) is 56.3 Å². The van der Waals surface area contributed by atoms with Crippen molar-refractivity contribution in [2.75, 3.05) is 39.3 Å². The summed E-state index contributed by atoms with van der Waals surface area (Å²) in [6.45, 7) is 6.59. The Morgan fingerprint density at radius 2 is 0.771 bits per heavy atom. The van der Waals surface area contributed by atoms with Gasteiger partial charge in [0, 0.05) is 70.6 Å². The zero-order valence-corrected chi connectivity index (χ0v) is 29.2. The zero-order valence-electron chi connectivity index (χ0n) is 26.9. The van der Waals surface area contributed by atoms with Gasteiger partial charge in [0.2, 0.25) is 0 Å². The Kier molecular flexibility index (Phi) is 10.8. The van der Waals surface area contributed by atoms with E-state index in [1.165, 1.54) is 55.6 Å². The first-order valence-corrected chi connectivity index (χ1v) is 18.2. The number of halogens is 3. The molecule has 12 heteroatoms. The van der Waals surface area contributed by atoms with E-state index in [0.29, 0.717) is 33.2 Å². The topological polar surface area (TPSA) is 122 Å². The number of nitrogens with zero attached hydrogens (tertiary/aromatic N) is 3. The number of aromatic nitrogens is 6. The second-order valence-electron chi connectivity index (χ2n) is 13.0. The molecule has 0 radical (unpaired) electrons. The molecular weight excluding hydrogens is 665 g/mol. The smallest absolute Gasteiger partial charge is 0.139 e. The SMILES string of the molecule is Clc1ccc2cc(C3CCCNC3)[nH]c2n1.Clc1ccc2cc([C@@H]3CCCNC3)[nH]c2n1.Clc1ccc2cc([C@H]3CCCNC3)[nH]c2n1. The molecule has 0 aliphatic carbocycles. The summed E-state index contributed by atoms with van der Waals surface area (Å²) < 4.78 is 0. The quantitative estimate of drug-likeness (QED) is 0.104. The van der Waals surface area contributed by atoms with E-state index in [4.69, 9.17) is 34.8 Å². The summed E-state index contributed by atoms with van der Waals surface area (Å²) in [5.41, 5.74) is 6.51. The van der Waals surface area contributed by atoms with Gasteiger partial charge < -0.3 is 30.9 Å². The minimum absolute atomic E-state index is 0.544. The summed E-state index contributed by atoms with van der Waals surface area (Å²) >= 11 is 17.6. The number of fused-ring (bicyclic) bond motifs is 3. The molecule has 1 unspecified atom stereocenters. The van der Waals surface area contributed by atoms with Crippen LogP contribution in [-0.2, 0) is 0 Å². The predicted molar refractivity (Wildman–Crippen MR) is 198 cm³/mol. The molecule has 9 nitrogen and oxygen atoms in total. The third kappa shape index (κ3) is 8.16. The van der Waals surface area contributed by atoms with Crippen LogP contribution in [0.3, 0.4) is 0 Å². The van der Waals surface area contributed by atoms with Crippen LogP contribution in [-0.4, -0.2) is 69.2 Å². The molecule has 6 N–H and O–H groups in total. The average molecular weight is 707 g/mol. The van der Waals surface area contributed by atoms with E-state index in [-0.39, 0.29) is 0 Å². The second kappa shape index (κ2) is 15.6. The van der Waals surface area contributed by atoms with Crippen LogP contribution >= 0.6 is 34.8 Å². The molecule has 48 heavy (non-hydrogen) atoms. The van der Waals surface area contributed by atoms with Gasteiger partial charge >= 0.3 is 0 Å². The summed E-state index contributed by atoms with van der Waals surface area (Å²) in [6, 6.07) is 18.1. The molecule has 9 rings (SSSR count). The van der Waals surface area contributed by atoms with Gasteiger partial charge in [-0.2, -0.15) is 0 Å². The number of hydrogen-bond donors (Lipinski definition) is 6. The Morgan fingerprint density at radius 1 is 0.458 bits per heavy atom. The molecule has 6 aromatic rings. The lowest BCUT2D eigenvalue weighted by Crippen LogP contribution is -2.28. The summed E-state index contributed by atoms with van der Waals surface area (Å²) in [5, 5.41) is 15.3. The summed E-state index contributed by atoms with van der Waals surface area (Å²) in [5.74, 6) is 1.75. The van der Waals surface area contributed by atoms with Crippen LogP contribution in [0.5, 0.6) is 0 Å². The van der Waals surface area contributed by atoms with E-state index in [0.717, 1.165) is 72.4 Å². The van der Waals surface area contributed by atoms with E-state index < -0.39 is 0 Å². The molecule has 9 heterocycles. The van der Waals surface area contributed by atoms with E-state index in [1.807, 2.05) is 36.4 Å². The highest BCUT2D eigenvalue weighted by molar-refractivity contribution is 6.30. The van der Waals surface area contributed by atoms with Crippen LogP contribution < -0.4 is 16.0 Å². The van der Waals surface area contributed by atoms with Crippen LogP contribution in [0.25, 0.3) is 33.1 Å². The Bertz CT molecular complexity index is 1720. The third-order valence-corrected chi connectivity index (χ3v) is 10.2. The fourth-order valence-corrected chi connectivity index (χ4v) is 7.46. The lowest BCUT2D eigenvalue weighted by atomic mass is 9.96. The Balaban J connectivity index is 0.000000114. The van der Waals surface area contributed by atoms with Gasteiger partial charge in [0.15, 0.2) is 0 Å². The molecule has 3 atom stereocenters. The first-order chi connectivity index (χ1) is 23.5. The first kappa shape index (κ1) is 33.3. The lowest BCUT2D eigenvalue weighted by Gasteiger charge is -2.21. The van der Waals surface area contributed by atoms with Crippen LogP contribution in [0.1, 0.15) is 73.4 Å². The first-order valence-electron chi connectivity index (χ1n) is 17.1. The number of nitrogens with one attached hydrogen (secondary N) is 6. The summed E-state index contributed by atoms with van der Waals surface area (Å²) in [7, 11) is 0. The maximum Gasteiger partial charge on any atom is 0.139 e. The minimum atomic E-state index is 0.544. The van der Waals surface area contributed by atoms with Gasteiger partial charge in [-0.3, -0.25) is 0 Å². The van der Waals surface area contributed by atoms with Crippen LogP contribution in [0, 0.1) is 0 Å². The maximum atomic E-state index is 5.87. The molecule has 0 bridgehead atoms. The molecule has 3 fully saturated rings. The molecule has 0 saturated carbocycles. The van der Waals surface area contributed by atoms with Crippen molar-refractivity contribution in [3.8, 4) is 0 Å². The van der Waals surface area contributed by atoms with Crippen molar-refractivity contribution in [1.29, 1.82) is 0 Å². The van der Waals surface area contributed by atoms with Crippen molar-refractivity contribution in [1.82, 2.24) is 45.9 Å². The molecule has 3 saturated heterocycles. The summed E-state index contributed by atoms with van der Waals surface area (Å²) in [6.07, 6.45) is 7.46. The molecule has 0 spiro atoms. The fraction of sp³-hybridized carbons (Fsp3) is 0.417. The standard InChI is InChI=1S/3C12H14ClN3/c3*13-11-4-3-8-6-10(15-12(8)16-11)9-2-1-5-14-7-9/h3*3-4,6,9,14H,1-2,5,7H2,(H,15,16)/t2*9-;/m10./s1. The highest BCUT2D eigenvalue weighted by Gasteiger charge is 2.19. The molecule has 0 aromatic carbocycles. The normalized spacial score (nSPS) is 21.4. The predicted octanol–water partition coefficient (Wildman–Crippen LogP) is 8.05. The molecule has 0 amide bonds. The van der Waals surface area contributed by atoms with E-state index in [1.54, 1.807) is 0 Å². The molecule has 6 aromatic heterocycles. The number of hydrogen-bond acceptors (Lipinski definition) is 6. The van der Waals surface area contributed by atoms with Crippen molar-refractivity contribution in [2.24, 2.45) is 0 Å². The lowest BCUT2D eigenvalue weighted by molar-refractivity contribution is 0.456.